The number of rotatable bonds is 16. The first-order valence-electron chi connectivity index (χ1n) is 21.4. The largest absolute Gasteiger partial charge is 0.453 e. The van der Waals surface area contributed by atoms with Crippen molar-refractivity contribution >= 4 is 35.8 Å². The van der Waals surface area contributed by atoms with Crippen LogP contribution in [0.25, 0.3) is 0 Å². The smallest absolute Gasteiger partial charge is 0.315 e. The molecule has 5 rings (SSSR count). The predicted octanol–water partition coefficient (Wildman–Crippen LogP) is 8.35. The predicted molar refractivity (Wildman–Crippen MR) is 240 cm³/mol. The molecule has 63 heavy (non-hydrogen) atoms. The highest BCUT2D eigenvalue weighted by Crippen LogP contribution is 2.56. The molecule has 13 heteroatoms. The topological polar surface area (TPSA) is 184 Å². The van der Waals surface area contributed by atoms with Gasteiger partial charge in [-0.15, -0.1) is 0 Å². The zero-order chi connectivity index (χ0) is 46.1. The Balaban J connectivity index is 0.00000105. The van der Waals surface area contributed by atoms with Crippen LogP contribution in [0.5, 0.6) is 0 Å². The summed E-state index contributed by atoms with van der Waals surface area (Å²) in [4.78, 5) is 75.2. The quantitative estimate of drug-likeness (QED) is 0.0837. The van der Waals surface area contributed by atoms with Crippen molar-refractivity contribution in [3.8, 4) is 0 Å². The number of hydrogen-bond donors (Lipinski definition) is 3. The summed E-state index contributed by atoms with van der Waals surface area (Å²) in [6, 6.07) is 17.2. The molecule has 3 aliphatic rings. The Morgan fingerprint density at radius 2 is 1.59 bits per heavy atom. The molecule has 2 aliphatic carbocycles. The van der Waals surface area contributed by atoms with Crippen LogP contribution in [-0.2, 0) is 38.1 Å². The van der Waals surface area contributed by atoms with Gasteiger partial charge in [-0.3, -0.25) is 24.0 Å². The molecule has 1 aliphatic heterocycles. The van der Waals surface area contributed by atoms with Crippen molar-refractivity contribution in [2.24, 2.45) is 16.7 Å². The molecule has 1 fully saturated rings. The molecule has 0 spiro atoms. The van der Waals surface area contributed by atoms with E-state index in [1.165, 1.54) is 13.8 Å². The third kappa shape index (κ3) is 13.0. The van der Waals surface area contributed by atoms with Gasteiger partial charge in [0.15, 0.2) is 17.2 Å². The van der Waals surface area contributed by atoms with Crippen LogP contribution in [0.3, 0.4) is 0 Å². The van der Waals surface area contributed by atoms with Gasteiger partial charge in [0, 0.05) is 30.4 Å². The second-order valence-electron chi connectivity index (χ2n) is 18.8. The van der Waals surface area contributed by atoms with E-state index in [4.69, 9.17) is 18.9 Å². The Labute approximate surface area is 373 Å². The second kappa shape index (κ2) is 21.6. The minimum Gasteiger partial charge on any atom is -0.453 e. The fraction of sp³-hybridized carbons (Fsp3) is 0.560. The first-order chi connectivity index (χ1) is 29.0. The number of esters is 2. The van der Waals surface area contributed by atoms with Gasteiger partial charge in [-0.1, -0.05) is 101 Å². The number of carbonyl (C=O) groups excluding carboxylic acids is 6. The minimum atomic E-state index is -1.40. The van der Waals surface area contributed by atoms with Crippen molar-refractivity contribution in [3.63, 3.8) is 0 Å². The zero-order valence-corrected chi connectivity index (χ0v) is 38.0. The number of amides is 2. The van der Waals surface area contributed by atoms with Gasteiger partial charge in [-0.05, 0) is 83.8 Å². The van der Waals surface area contributed by atoms with E-state index in [0.29, 0.717) is 18.6 Å². The molecule has 0 bridgehead atoms. The first kappa shape index (κ1) is 52.4. The molecule has 7 atom stereocenters. The average Bonchev–Trinajstić information content (AvgIpc) is 3.18. The maximum atomic E-state index is 14.4. The fourth-order valence-electron chi connectivity index (χ4n) is 8.80. The lowest BCUT2D eigenvalue weighted by atomic mass is 9.55. The van der Waals surface area contributed by atoms with Crippen molar-refractivity contribution < 1.29 is 52.8 Å². The molecule has 1 unspecified atom stereocenters. The maximum absolute atomic E-state index is 14.4. The standard InChI is InChI=1S/C42H60N2O10.C7H6O.CH4/c1-11-31(51-24-27(3)45)36(48)40(10)19-18-34-42(25-52-34,54-28(4)46)33(40)17-20-41(50)23-32(26(2)22-39(41,8)9)53-35(47)21-30(29-15-13-12-14-16-29)43-37(49)44-38(5,6)7;8-6-7-4-2-1-3-5-7;/h12-16,18-19,30-31,33-34,50H,11,17,20-25H2,1-10H3,(H2,43,44,49);1-6H;1H4/t30-,31-,33?,34-,40-,41+,42-;;/m1../s1. The number of urea groups is 1. The van der Waals surface area contributed by atoms with E-state index in [-0.39, 0.29) is 57.9 Å². The van der Waals surface area contributed by atoms with Crippen LogP contribution < -0.4 is 10.6 Å². The van der Waals surface area contributed by atoms with E-state index in [9.17, 15) is 33.9 Å². The van der Waals surface area contributed by atoms with Crippen LogP contribution in [0.1, 0.15) is 137 Å². The summed E-state index contributed by atoms with van der Waals surface area (Å²) in [5.41, 5.74) is -2.61. The highest BCUT2D eigenvalue weighted by atomic mass is 16.6. The molecular weight excluding hydrogens is 805 g/mol. The Hall–Kier alpha value is -4.98. The molecule has 0 radical (unpaired) electrons. The van der Waals surface area contributed by atoms with Gasteiger partial charge in [0.25, 0.3) is 0 Å². The number of aliphatic hydroxyl groups is 1. The third-order valence-electron chi connectivity index (χ3n) is 12.2. The zero-order valence-electron chi connectivity index (χ0n) is 38.0. The second-order valence-corrected chi connectivity index (χ2v) is 18.8. The fourth-order valence-corrected chi connectivity index (χ4v) is 8.80. The maximum Gasteiger partial charge on any atom is 0.315 e. The molecule has 13 nitrogen and oxygen atoms in total. The van der Waals surface area contributed by atoms with Crippen LogP contribution in [0, 0.1) is 16.7 Å². The summed E-state index contributed by atoms with van der Waals surface area (Å²) in [7, 11) is 0. The number of hydrogen-bond acceptors (Lipinski definition) is 11. The lowest BCUT2D eigenvalue weighted by Crippen LogP contribution is -2.70. The number of carbonyl (C=O) groups is 6. The van der Waals surface area contributed by atoms with E-state index in [1.807, 2.05) is 97.0 Å². The van der Waals surface area contributed by atoms with E-state index in [0.717, 1.165) is 23.0 Å². The van der Waals surface area contributed by atoms with Crippen LogP contribution in [0.2, 0.25) is 0 Å². The van der Waals surface area contributed by atoms with Gasteiger partial charge in [0.1, 0.15) is 30.9 Å². The lowest BCUT2D eigenvalue weighted by Gasteiger charge is -2.58. The molecule has 2 aromatic rings. The summed E-state index contributed by atoms with van der Waals surface area (Å²) in [6.45, 7) is 17.6. The van der Waals surface area contributed by atoms with Crippen molar-refractivity contribution in [1.82, 2.24) is 10.6 Å². The highest BCUT2D eigenvalue weighted by Gasteiger charge is 2.65. The number of aldehydes is 1. The van der Waals surface area contributed by atoms with Crippen LogP contribution in [-0.4, -0.2) is 83.1 Å². The normalized spacial score (nSPS) is 25.5. The Kier molecular flexibility index (Phi) is 18.0. The SMILES string of the molecule is C.CC[C@@H](OCC(C)=O)C(=O)[C@]1(C)C=C[C@H]2OC[C@@]2(OC(C)=O)C1CC[C@]1(O)CC(OC(=O)C[C@@H](NC(=O)NC(C)(C)C)c2ccccc2)=C(C)CC1(C)C.O=Cc1ccccc1. The van der Waals surface area contributed by atoms with Gasteiger partial charge >= 0.3 is 18.0 Å². The molecule has 2 aromatic carbocycles. The molecule has 2 amide bonds. The Morgan fingerprint density at radius 3 is 2.10 bits per heavy atom. The third-order valence-corrected chi connectivity index (χ3v) is 12.2. The summed E-state index contributed by atoms with van der Waals surface area (Å²) < 4.78 is 23.7. The van der Waals surface area contributed by atoms with Gasteiger partial charge in [0.2, 0.25) is 0 Å². The van der Waals surface area contributed by atoms with Crippen molar-refractivity contribution in [2.45, 2.75) is 150 Å². The van der Waals surface area contributed by atoms with E-state index in [1.54, 1.807) is 31.2 Å². The first-order valence-corrected chi connectivity index (χ1v) is 21.4. The molecule has 3 N–H and O–H groups in total. The minimum absolute atomic E-state index is 0. The monoisotopic (exact) mass is 874 g/mol. The van der Waals surface area contributed by atoms with Crippen molar-refractivity contribution in [2.75, 3.05) is 13.2 Å². The van der Waals surface area contributed by atoms with Gasteiger partial charge in [0.05, 0.1) is 30.1 Å². The number of fused-ring (bicyclic) bond motifs is 1. The highest BCUT2D eigenvalue weighted by molar-refractivity contribution is 5.91. The van der Waals surface area contributed by atoms with E-state index >= 15 is 0 Å². The van der Waals surface area contributed by atoms with E-state index in [2.05, 4.69) is 10.6 Å². The summed E-state index contributed by atoms with van der Waals surface area (Å²) in [5.74, 6) is -1.78. The summed E-state index contributed by atoms with van der Waals surface area (Å²) in [5, 5.41) is 18.3. The van der Waals surface area contributed by atoms with Crippen molar-refractivity contribution in [1.29, 1.82) is 0 Å². The van der Waals surface area contributed by atoms with Crippen LogP contribution >= 0.6 is 0 Å². The number of allylic oxidation sites excluding steroid dienone is 2. The van der Waals surface area contributed by atoms with E-state index < -0.39 is 69.7 Å². The summed E-state index contributed by atoms with van der Waals surface area (Å²) in [6.07, 6.45) is 4.00. The van der Waals surface area contributed by atoms with Gasteiger partial charge in [-0.25, -0.2) is 4.79 Å². The number of Topliss-reactive ketones (excluding diaryl/α,β-unsaturated/α-hetero) is 2. The molecule has 1 heterocycles. The molecular formula is C50H70N2O11. The average molecular weight is 875 g/mol. The Bertz CT molecular complexity index is 1990. The summed E-state index contributed by atoms with van der Waals surface area (Å²) >= 11 is 0. The van der Waals surface area contributed by atoms with Crippen LogP contribution in [0.4, 0.5) is 4.79 Å². The van der Waals surface area contributed by atoms with Crippen molar-refractivity contribution in [3.05, 3.63) is 95.3 Å². The number of nitrogens with one attached hydrogen (secondary N) is 2. The Morgan fingerprint density at radius 1 is 0.968 bits per heavy atom. The lowest BCUT2D eigenvalue weighted by molar-refractivity contribution is -0.275. The van der Waals surface area contributed by atoms with Gasteiger partial charge < -0.3 is 34.7 Å². The number of benzene rings is 2. The molecule has 1 saturated heterocycles. The molecule has 0 saturated carbocycles. The number of ketones is 2. The van der Waals surface area contributed by atoms with Crippen LogP contribution in [0.15, 0.2) is 84.1 Å². The molecule has 0 aromatic heterocycles. The molecule has 346 valence electrons. The van der Waals surface area contributed by atoms with Gasteiger partial charge in [-0.2, -0.15) is 0 Å². The number of ether oxygens (including phenoxy) is 4.